The lowest BCUT2D eigenvalue weighted by Gasteiger charge is -2.04. The molecule has 0 aromatic heterocycles. The van der Waals surface area contributed by atoms with Crippen LogP contribution < -0.4 is 5.73 Å². The average Bonchev–Trinajstić information content (AvgIpc) is 2.29. The molecule has 1 rings (SSSR count). The zero-order valence-electron chi connectivity index (χ0n) is 8.51. The van der Waals surface area contributed by atoms with Gasteiger partial charge in [-0.3, -0.25) is 0 Å². The Kier molecular flexibility index (Phi) is 4.59. The summed E-state index contributed by atoms with van der Waals surface area (Å²) < 4.78 is 9.91. The smallest absolute Gasteiger partial charge is 0.170 e. The summed E-state index contributed by atoms with van der Waals surface area (Å²) in [7, 11) is 1.57. The monoisotopic (exact) mass is 210 g/mol. The Labute approximate surface area is 88.1 Å². The van der Waals surface area contributed by atoms with E-state index in [-0.39, 0.29) is 12.6 Å². The molecule has 5 heteroatoms. The average molecular weight is 210 g/mol. The number of methoxy groups -OCH3 is 1. The van der Waals surface area contributed by atoms with Crippen LogP contribution in [0.5, 0.6) is 0 Å². The molecule has 0 saturated carbocycles. The van der Waals surface area contributed by atoms with Crippen molar-refractivity contribution in [1.82, 2.24) is 0 Å². The number of hydrogen-bond acceptors (Lipinski definition) is 4. The molecule has 0 saturated heterocycles. The summed E-state index contributed by atoms with van der Waals surface area (Å²) in [6, 6.07) is 7.23. The molecule has 0 heterocycles. The number of nitrogens with zero attached hydrogens (tertiary/aromatic N) is 1. The standard InChI is InChI=1S/C10H14N2O3/c1-14-7-15-6-8-2-4-9(5-3-8)10(11)12-13/h2-5,13H,6-7H2,1H3,(H2,11,12). The van der Waals surface area contributed by atoms with Crippen LogP contribution in [-0.2, 0) is 16.1 Å². The second kappa shape index (κ2) is 6.00. The van der Waals surface area contributed by atoms with Crippen LogP contribution in [0.25, 0.3) is 0 Å². The quantitative estimate of drug-likeness (QED) is 0.189. The molecule has 0 aliphatic rings. The lowest BCUT2D eigenvalue weighted by atomic mass is 10.1. The van der Waals surface area contributed by atoms with Gasteiger partial charge < -0.3 is 20.4 Å². The first kappa shape index (κ1) is 11.5. The normalized spacial score (nSPS) is 11.7. The van der Waals surface area contributed by atoms with Crippen LogP contribution in [0.2, 0.25) is 0 Å². The number of nitrogens with two attached hydrogens (primary N) is 1. The predicted octanol–water partition coefficient (Wildman–Crippen LogP) is 0.902. The van der Waals surface area contributed by atoms with E-state index >= 15 is 0 Å². The Hall–Kier alpha value is -1.59. The van der Waals surface area contributed by atoms with E-state index in [1.54, 1.807) is 19.2 Å². The molecule has 0 aliphatic heterocycles. The number of hydrogen-bond donors (Lipinski definition) is 2. The number of rotatable bonds is 5. The second-order valence-electron chi connectivity index (χ2n) is 2.94. The van der Waals surface area contributed by atoms with Gasteiger partial charge in [-0.1, -0.05) is 29.4 Å². The van der Waals surface area contributed by atoms with Crippen molar-refractivity contribution >= 4 is 5.84 Å². The Morgan fingerprint density at radius 2 is 2.07 bits per heavy atom. The van der Waals surface area contributed by atoms with Crippen LogP contribution in [0.15, 0.2) is 29.4 Å². The number of ether oxygens (including phenoxy) is 2. The largest absolute Gasteiger partial charge is 0.409 e. The zero-order valence-corrected chi connectivity index (χ0v) is 8.51. The van der Waals surface area contributed by atoms with E-state index in [4.69, 9.17) is 20.4 Å². The van der Waals surface area contributed by atoms with Gasteiger partial charge in [-0.05, 0) is 5.56 Å². The van der Waals surface area contributed by atoms with Crippen molar-refractivity contribution in [1.29, 1.82) is 0 Å². The van der Waals surface area contributed by atoms with Gasteiger partial charge in [0.2, 0.25) is 0 Å². The molecule has 0 radical (unpaired) electrons. The predicted molar refractivity (Wildman–Crippen MR) is 55.6 cm³/mol. The molecule has 5 nitrogen and oxygen atoms in total. The fourth-order valence-corrected chi connectivity index (χ4v) is 1.07. The van der Waals surface area contributed by atoms with Gasteiger partial charge in [0.05, 0.1) is 6.61 Å². The van der Waals surface area contributed by atoms with Gasteiger partial charge in [0.15, 0.2) is 5.84 Å². The summed E-state index contributed by atoms with van der Waals surface area (Å²) >= 11 is 0. The van der Waals surface area contributed by atoms with E-state index in [1.807, 2.05) is 12.1 Å². The van der Waals surface area contributed by atoms with Crippen molar-refractivity contribution in [3.8, 4) is 0 Å². The van der Waals surface area contributed by atoms with E-state index in [2.05, 4.69) is 5.16 Å². The lowest BCUT2D eigenvalue weighted by molar-refractivity contribution is -0.0390. The maximum absolute atomic E-state index is 8.45. The van der Waals surface area contributed by atoms with E-state index in [9.17, 15) is 0 Å². The topological polar surface area (TPSA) is 77.1 Å². The molecule has 0 amide bonds. The van der Waals surface area contributed by atoms with Gasteiger partial charge in [0.1, 0.15) is 6.79 Å². The van der Waals surface area contributed by atoms with Crippen molar-refractivity contribution < 1.29 is 14.7 Å². The van der Waals surface area contributed by atoms with Gasteiger partial charge in [-0.2, -0.15) is 0 Å². The molecule has 1 aromatic rings. The van der Waals surface area contributed by atoms with Crippen molar-refractivity contribution in [3.63, 3.8) is 0 Å². The first-order valence-corrected chi connectivity index (χ1v) is 4.41. The van der Waals surface area contributed by atoms with E-state index in [1.165, 1.54) is 0 Å². The molecular weight excluding hydrogens is 196 g/mol. The van der Waals surface area contributed by atoms with Crippen molar-refractivity contribution in [2.75, 3.05) is 13.9 Å². The van der Waals surface area contributed by atoms with Gasteiger partial charge >= 0.3 is 0 Å². The van der Waals surface area contributed by atoms with Crippen LogP contribution in [0, 0.1) is 0 Å². The summed E-state index contributed by atoms with van der Waals surface area (Å²) in [4.78, 5) is 0. The summed E-state index contributed by atoms with van der Waals surface area (Å²) in [6.07, 6.45) is 0. The molecule has 15 heavy (non-hydrogen) atoms. The minimum Gasteiger partial charge on any atom is -0.409 e. The lowest BCUT2D eigenvalue weighted by Crippen LogP contribution is -2.12. The highest BCUT2D eigenvalue weighted by Crippen LogP contribution is 2.05. The summed E-state index contributed by atoms with van der Waals surface area (Å²) in [5.41, 5.74) is 7.09. The third-order valence-corrected chi connectivity index (χ3v) is 1.83. The Morgan fingerprint density at radius 3 is 2.60 bits per heavy atom. The summed E-state index contributed by atoms with van der Waals surface area (Å²) in [5, 5.41) is 11.4. The van der Waals surface area contributed by atoms with Crippen LogP contribution in [-0.4, -0.2) is 24.9 Å². The zero-order chi connectivity index (χ0) is 11.1. The maximum Gasteiger partial charge on any atom is 0.170 e. The van der Waals surface area contributed by atoms with Crippen LogP contribution in [0.3, 0.4) is 0 Å². The summed E-state index contributed by atoms with van der Waals surface area (Å²) in [6.45, 7) is 0.742. The van der Waals surface area contributed by atoms with Gasteiger partial charge in [0, 0.05) is 12.7 Å². The first-order valence-electron chi connectivity index (χ1n) is 4.41. The molecular formula is C10H14N2O3. The molecule has 82 valence electrons. The van der Waals surface area contributed by atoms with Crippen molar-refractivity contribution in [2.45, 2.75) is 6.61 Å². The van der Waals surface area contributed by atoms with Crippen molar-refractivity contribution in [2.24, 2.45) is 10.9 Å². The van der Waals surface area contributed by atoms with E-state index < -0.39 is 0 Å². The SMILES string of the molecule is COCOCc1ccc(C(N)=NO)cc1. The molecule has 3 N–H and O–H groups in total. The first-order chi connectivity index (χ1) is 7.27. The van der Waals surface area contributed by atoms with Gasteiger partial charge in [-0.25, -0.2) is 0 Å². The fourth-order valence-electron chi connectivity index (χ4n) is 1.07. The molecule has 0 aliphatic carbocycles. The number of oxime groups is 1. The highest BCUT2D eigenvalue weighted by Gasteiger charge is 1.98. The molecule has 0 atom stereocenters. The molecule has 0 fully saturated rings. The van der Waals surface area contributed by atoms with Crippen LogP contribution in [0.1, 0.15) is 11.1 Å². The van der Waals surface area contributed by atoms with Crippen LogP contribution in [0.4, 0.5) is 0 Å². The number of benzene rings is 1. The minimum atomic E-state index is 0.0966. The minimum absolute atomic E-state index is 0.0966. The van der Waals surface area contributed by atoms with Crippen LogP contribution >= 0.6 is 0 Å². The second-order valence-corrected chi connectivity index (χ2v) is 2.94. The fraction of sp³-hybridized carbons (Fsp3) is 0.300. The third-order valence-electron chi connectivity index (χ3n) is 1.83. The summed E-state index contributed by atoms with van der Waals surface area (Å²) in [5.74, 6) is 0.0966. The molecule has 0 unspecified atom stereocenters. The molecule has 0 bridgehead atoms. The highest BCUT2D eigenvalue weighted by molar-refractivity contribution is 5.96. The van der Waals surface area contributed by atoms with Crippen molar-refractivity contribution in [3.05, 3.63) is 35.4 Å². The van der Waals surface area contributed by atoms with Gasteiger partial charge in [0.25, 0.3) is 0 Å². The highest BCUT2D eigenvalue weighted by atomic mass is 16.7. The molecule has 0 spiro atoms. The Balaban J connectivity index is 2.56. The van der Waals surface area contributed by atoms with E-state index in [0.717, 1.165) is 5.56 Å². The maximum atomic E-state index is 8.45. The Bertz CT molecular complexity index is 322. The molecule has 1 aromatic carbocycles. The van der Waals surface area contributed by atoms with E-state index in [0.29, 0.717) is 12.2 Å². The number of amidine groups is 1. The third kappa shape index (κ3) is 3.57. The van der Waals surface area contributed by atoms with Gasteiger partial charge in [-0.15, -0.1) is 0 Å². The Morgan fingerprint density at radius 1 is 1.40 bits per heavy atom.